The monoisotopic (exact) mass is 315 g/mol. The predicted molar refractivity (Wildman–Crippen MR) is 73.5 cm³/mol. The number of aliphatic hydroxyl groups excluding tert-OH is 1. The van der Waals surface area contributed by atoms with Crippen LogP contribution in [0.2, 0.25) is 5.02 Å². The van der Waals surface area contributed by atoms with Gasteiger partial charge in [-0.2, -0.15) is 0 Å². The molecule has 4 nitrogen and oxygen atoms in total. The Morgan fingerprint density at radius 1 is 1.60 bits per heavy atom. The van der Waals surface area contributed by atoms with E-state index in [0.717, 1.165) is 17.4 Å². The molecule has 20 heavy (non-hydrogen) atoms. The Labute approximate surface area is 123 Å². The number of carbonyl (C=O) groups is 1. The van der Waals surface area contributed by atoms with E-state index in [1.54, 1.807) is 6.92 Å². The Morgan fingerprint density at radius 3 is 3.00 bits per heavy atom. The number of hydrogen-bond acceptors (Lipinski definition) is 5. The van der Waals surface area contributed by atoms with Crippen LogP contribution in [0.3, 0.4) is 0 Å². The molecule has 2 aromatic rings. The largest absolute Gasteiger partial charge is 0.461 e. The molecule has 1 aromatic heterocycles. The molecule has 0 spiro atoms. The first-order valence-electron chi connectivity index (χ1n) is 5.78. The summed E-state index contributed by atoms with van der Waals surface area (Å²) < 4.78 is 18.6. The van der Waals surface area contributed by atoms with E-state index in [0.29, 0.717) is 0 Å². The summed E-state index contributed by atoms with van der Waals surface area (Å²) in [5.74, 6) is -1.29. The number of aromatic nitrogens is 1. The van der Waals surface area contributed by atoms with Crippen molar-refractivity contribution in [1.82, 2.24) is 4.98 Å². The number of esters is 1. The molecule has 2 rings (SSSR count). The first-order valence-corrected chi connectivity index (χ1v) is 7.03. The van der Waals surface area contributed by atoms with Crippen molar-refractivity contribution in [3.8, 4) is 0 Å². The zero-order valence-electron chi connectivity index (χ0n) is 10.5. The van der Waals surface area contributed by atoms with Crippen LogP contribution < -0.4 is 0 Å². The van der Waals surface area contributed by atoms with E-state index in [4.69, 9.17) is 16.3 Å². The minimum Gasteiger partial charge on any atom is -0.461 e. The summed E-state index contributed by atoms with van der Waals surface area (Å²) >= 11 is 6.72. The van der Waals surface area contributed by atoms with Gasteiger partial charge < -0.3 is 9.84 Å². The molecular formula is C13H11ClFNO3S. The second kappa shape index (κ2) is 6.30. The molecule has 0 aliphatic heterocycles. The number of rotatable bonds is 4. The number of nitrogens with zero attached hydrogens (tertiary/aromatic N) is 1. The number of aliphatic hydroxyl groups is 1. The van der Waals surface area contributed by atoms with Crippen LogP contribution in [0.15, 0.2) is 23.7 Å². The number of hydrogen-bond donors (Lipinski definition) is 1. The minimum atomic E-state index is -1.29. The van der Waals surface area contributed by atoms with Crippen LogP contribution in [0.25, 0.3) is 0 Å². The molecule has 106 valence electrons. The molecule has 1 unspecified atom stereocenters. The van der Waals surface area contributed by atoms with Crippen molar-refractivity contribution in [2.45, 2.75) is 13.0 Å². The lowest BCUT2D eigenvalue weighted by Crippen LogP contribution is -2.11. The minimum absolute atomic E-state index is 0.00120. The number of thiazole rings is 1. The SMILES string of the molecule is CCOC(=O)c1ncsc1C(O)c1ccc(Cl)cc1F. The van der Waals surface area contributed by atoms with E-state index in [9.17, 15) is 14.3 Å². The van der Waals surface area contributed by atoms with E-state index in [1.165, 1.54) is 17.6 Å². The predicted octanol–water partition coefficient (Wildman–Crippen LogP) is 3.19. The van der Waals surface area contributed by atoms with Crippen LogP contribution >= 0.6 is 22.9 Å². The van der Waals surface area contributed by atoms with Gasteiger partial charge in [0.25, 0.3) is 0 Å². The van der Waals surface area contributed by atoms with Crippen LogP contribution in [-0.2, 0) is 4.74 Å². The molecule has 0 aliphatic rings. The highest BCUT2D eigenvalue weighted by Crippen LogP contribution is 2.31. The van der Waals surface area contributed by atoms with Crippen LogP contribution in [0.1, 0.15) is 34.0 Å². The normalized spacial score (nSPS) is 12.2. The third-order valence-electron chi connectivity index (χ3n) is 2.57. The molecule has 0 radical (unpaired) electrons. The van der Waals surface area contributed by atoms with Gasteiger partial charge in [-0.25, -0.2) is 14.2 Å². The van der Waals surface area contributed by atoms with E-state index in [-0.39, 0.29) is 27.8 Å². The maximum atomic E-state index is 13.8. The summed E-state index contributed by atoms with van der Waals surface area (Å²) in [6, 6.07) is 3.94. The van der Waals surface area contributed by atoms with Crippen molar-refractivity contribution in [3.05, 3.63) is 50.7 Å². The number of ether oxygens (including phenoxy) is 1. The Hall–Kier alpha value is -1.50. The average Bonchev–Trinajstić information content (AvgIpc) is 2.87. The Morgan fingerprint density at radius 2 is 2.35 bits per heavy atom. The molecule has 1 N–H and O–H groups in total. The summed E-state index contributed by atoms with van der Waals surface area (Å²) in [5, 5.41) is 10.5. The van der Waals surface area contributed by atoms with E-state index < -0.39 is 17.9 Å². The molecule has 0 aliphatic carbocycles. The van der Waals surface area contributed by atoms with Gasteiger partial charge >= 0.3 is 5.97 Å². The highest BCUT2D eigenvalue weighted by Gasteiger charge is 2.25. The summed E-state index contributed by atoms with van der Waals surface area (Å²) in [5.41, 5.74) is 1.43. The summed E-state index contributed by atoms with van der Waals surface area (Å²) in [6.45, 7) is 1.86. The quantitative estimate of drug-likeness (QED) is 0.880. The van der Waals surface area contributed by atoms with Crippen molar-refractivity contribution < 1.29 is 19.0 Å². The third kappa shape index (κ3) is 2.98. The highest BCUT2D eigenvalue weighted by molar-refractivity contribution is 7.10. The molecular weight excluding hydrogens is 305 g/mol. The molecule has 1 aromatic carbocycles. The van der Waals surface area contributed by atoms with Crippen LogP contribution in [0, 0.1) is 5.82 Å². The van der Waals surface area contributed by atoms with Crippen molar-refractivity contribution >= 4 is 28.9 Å². The van der Waals surface area contributed by atoms with Gasteiger partial charge in [0.05, 0.1) is 17.0 Å². The van der Waals surface area contributed by atoms with Gasteiger partial charge in [-0.3, -0.25) is 0 Å². The molecule has 0 saturated carbocycles. The third-order valence-corrected chi connectivity index (χ3v) is 3.69. The molecule has 0 fully saturated rings. The fraction of sp³-hybridized carbons (Fsp3) is 0.231. The zero-order chi connectivity index (χ0) is 14.7. The van der Waals surface area contributed by atoms with Crippen molar-refractivity contribution in [2.24, 2.45) is 0 Å². The van der Waals surface area contributed by atoms with Crippen LogP contribution in [0.4, 0.5) is 4.39 Å². The summed E-state index contributed by atoms with van der Waals surface area (Å²) in [7, 11) is 0. The topological polar surface area (TPSA) is 59.4 Å². The number of halogens is 2. The molecule has 7 heteroatoms. The maximum Gasteiger partial charge on any atom is 0.358 e. The van der Waals surface area contributed by atoms with Gasteiger partial charge in [-0.1, -0.05) is 17.7 Å². The van der Waals surface area contributed by atoms with Gasteiger partial charge in [-0.05, 0) is 19.1 Å². The zero-order valence-corrected chi connectivity index (χ0v) is 12.0. The first-order chi connectivity index (χ1) is 9.54. The van der Waals surface area contributed by atoms with Gasteiger partial charge in [0.1, 0.15) is 11.9 Å². The highest BCUT2D eigenvalue weighted by atomic mass is 35.5. The van der Waals surface area contributed by atoms with Crippen molar-refractivity contribution in [3.63, 3.8) is 0 Å². The summed E-state index contributed by atoms with van der Waals surface area (Å²) in [6.07, 6.45) is -1.29. The van der Waals surface area contributed by atoms with Crippen molar-refractivity contribution in [1.29, 1.82) is 0 Å². The number of benzene rings is 1. The standard InChI is InChI=1S/C13H11ClFNO3S/c1-2-19-13(18)10-12(20-6-16-10)11(17)8-4-3-7(14)5-9(8)15/h3-6,11,17H,2H2,1H3. The van der Waals surface area contributed by atoms with E-state index >= 15 is 0 Å². The Balaban J connectivity index is 2.36. The smallest absolute Gasteiger partial charge is 0.358 e. The molecule has 0 bridgehead atoms. The Kier molecular flexibility index (Phi) is 4.69. The number of carbonyl (C=O) groups excluding carboxylic acids is 1. The van der Waals surface area contributed by atoms with Gasteiger partial charge in [0.2, 0.25) is 0 Å². The lowest BCUT2D eigenvalue weighted by atomic mass is 10.1. The van der Waals surface area contributed by atoms with E-state index in [1.807, 2.05) is 0 Å². The van der Waals surface area contributed by atoms with Gasteiger partial charge in [0, 0.05) is 10.6 Å². The fourth-order valence-corrected chi connectivity index (χ4v) is 2.60. The van der Waals surface area contributed by atoms with Crippen LogP contribution in [-0.4, -0.2) is 22.7 Å². The lowest BCUT2D eigenvalue weighted by molar-refractivity contribution is 0.0515. The summed E-state index contributed by atoms with van der Waals surface area (Å²) in [4.78, 5) is 15.8. The molecule has 0 saturated heterocycles. The first kappa shape index (κ1) is 14.9. The van der Waals surface area contributed by atoms with Crippen molar-refractivity contribution in [2.75, 3.05) is 6.61 Å². The maximum absolute atomic E-state index is 13.8. The Bertz CT molecular complexity index is 632. The second-order valence-electron chi connectivity index (χ2n) is 3.85. The van der Waals surface area contributed by atoms with Crippen LogP contribution in [0.5, 0.6) is 0 Å². The molecule has 1 heterocycles. The fourth-order valence-electron chi connectivity index (χ4n) is 1.67. The second-order valence-corrected chi connectivity index (χ2v) is 5.18. The molecule has 0 amide bonds. The average molecular weight is 316 g/mol. The van der Waals surface area contributed by atoms with Gasteiger partial charge in [0.15, 0.2) is 5.69 Å². The van der Waals surface area contributed by atoms with Gasteiger partial charge in [-0.15, -0.1) is 11.3 Å². The molecule has 1 atom stereocenters. The van der Waals surface area contributed by atoms with E-state index in [2.05, 4.69) is 4.98 Å². The lowest BCUT2D eigenvalue weighted by Gasteiger charge is -2.11.